The molecule has 9 heavy (non-hydrogen) atoms. The summed E-state index contributed by atoms with van der Waals surface area (Å²) in [4.78, 5) is 0. The summed E-state index contributed by atoms with van der Waals surface area (Å²) in [6.45, 7) is 12.3. The van der Waals surface area contributed by atoms with Crippen LogP contribution in [0.2, 0.25) is 0 Å². The molecule has 0 aromatic carbocycles. The molecule has 0 saturated carbocycles. The highest BCUT2D eigenvalue weighted by atomic mass is 14.9. The van der Waals surface area contributed by atoms with Gasteiger partial charge in [-0.25, -0.2) is 0 Å². The normalized spacial score (nSPS) is 10.9. The molecule has 1 nitrogen and oxygen atoms in total. The molecule has 0 aromatic rings. The average Bonchev–Trinajstić information content (AvgIpc) is 1.84. The van der Waals surface area contributed by atoms with Crippen LogP contribution >= 0.6 is 0 Å². The second-order valence-corrected chi connectivity index (χ2v) is 2.60. The molecule has 52 valence electrons. The lowest BCUT2D eigenvalue weighted by atomic mass is 10.1. The Balaban J connectivity index is 3.57. The smallest absolute Gasteiger partial charge is 0.0307 e. The van der Waals surface area contributed by atoms with Gasteiger partial charge in [0.05, 0.1) is 0 Å². The summed E-state index contributed by atoms with van der Waals surface area (Å²) < 4.78 is 0. The minimum atomic E-state index is 0.0359. The van der Waals surface area contributed by atoms with Crippen LogP contribution in [0.15, 0.2) is 25.3 Å². The fourth-order valence-electron chi connectivity index (χ4n) is 0.407. The van der Waals surface area contributed by atoms with Gasteiger partial charge in [0.2, 0.25) is 0 Å². The third-order valence-electron chi connectivity index (χ3n) is 1.21. The van der Waals surface area contributed by atoms with Gasteiger partial charge >= 0.3 is 0 Å². The van der Waals surface area contributed by atoms with Crippen molar-refractivity contribution in [2.75, 3.05) is 6.54 Å². The van der Waals surface area contributed by atoms with Crippen molar-refractivity contribution >= 4 is 0 Å². The van der Waals surface area contributed by atoms with Crippen molar-refractivity contribution < 1.29 is 0 Å². The van der Waals surface area contributed by atoms with Crippen molar-refractivity contribution in [3.05, 3.63) is 25.3 Å². The van der Waals surface area contributed by atoms with Crippen molar-refractivity contribution in [3.63, 3.8) is 0 Å². The zero-order valence-electron chi connectivity index (χ0n) is 6.28. The Hall–Kier alpha value is -0.560. The molecular weight excluding hydrogens is 110 g/mol. The van der Waals surface area contributed by atoms with Gasteiger partial charge in [-0.05, 0) is 13.8 Å². The van der Waals surface area contributed by atoms with Crippen molar-refractivity contribution in [1.82, 2.24) is 5.32 Å². The predicted octanol–water partition coefficient (Wildman–Crippen LogP) is 1.73. The second-order valence-electron chi connectivity index (χ2n) is 2.60. The fourth-order valence-corrected chi connectivity index (χ4v) is 0.407. The Labute approximate surface area is 57.5 Å². The van der Waals surface area contributed by atoms with Gasteiger partial charge in [0.1, 0.15) is 0 Å². The van der Waals surface area contributed by atoms with E-state index in [1.165, 1.54) is 0 Å². The van der Waals surface area contributed by atoms with Gasteiger partial charge in [-0.1, -0.05) is 12.2 Å². The minimum absolute atomic E-state index is 0.0359. The lowest BCUT2D eigenvalue weighted by Gasteiger charge is -2.20. The largest absolute Gasteiger partial charge is 0.305 e. The average molecular weight is 125 g/mol. The van der Waals surface area contributed by atoms with Crippen LogP contribution in [0.25, 0.3) is 0 Å². The first-order valence-electron chi connectivity index (χ1n) is 3.12. The maximum atomic E-state index is 3.69. The van der Waals surface area contributed by atoms with Crippen molar-refractivity contribution in [2.24, 2.45) is 0 Å². The molecule has 0 saturated heterocycles. The summed E-state index contributed by atoms with van der Waals surface area (Å²) in [5.41, 5.74) is 0.0359. The molecule has 0 rings (SSSR count). The van der Waals surface area contributed by atoms with Crippen molar-refractivity contribution in [2.45, 2.75) is 19.4 Å². The first kappa shape index (κ1) is 8.44. The molecule has 0 radical (unpaired) electrons. The van der Waals surface area contributed by atoms with Gasteiger partial charge in [-0.15, -0.1) is 13.2 Å². The number of hydrogen-bond donors (Lipinski definition) is 1. The lowest BCUT2D eigenvalue weighted by Crippen LogP contribution is -2.36. The molecule has 0 heterocycles. The zero-order chi connectivity index (χ0) is 7.33. The molecule has 0 unspecified atom stereocenters. The van der Waals surface area contributed by atoms with Crippen molar-refractivity contribution in [3.8, 4) is 0 Å². The zero-order valence-corrected chi connectivity index (χ0v) is 6.28. The lowest BCUT2D eigenvalue weighted by molar-refractivity contribution is 0.505. The van der Waals surface area contributed by atoms with E-state index in [4.69, 9.17) is 0 Å². The number of hydrogen-bond acceptors (Lipinski definition) is 1. The summed E-state index contributed by atoms with van der Waals surface area (Å²) in [6, 6.07) is 0. The van der Waals surface area contributed by atoms with Crippen LogP contribution in [0.1, 0.15) is 13.8 Å². The summed E-state index contributed by atoms with van der Waals surface area (Å²) >= 11 is 0. The standard InChI is InChI=1S/C8H15N/c1-5-7-9-8(3,4)6-2/h5-6,9H,1-2,7H2,3-4H3. The van der Waals surface area contributed by atoms with Gasteiger partial charge in [0.15, 0.2) is 0 Å². The number of rotatable bonds is 4. The van der Waals surface area contributed by atoms with Gasteiger partial charge in [-0.2, -0.15) is 0 Å². The summed E-state index contributed by atoms with van der Waals surface area (Å²) in [7, 11) is 0. The number of nitrogens with one attached hydrogen (secondary N) is 1. The van der Waals surface area contributed by atoms with Crippen molar-refractivity contribution in [1.29, 1.82) is 0 Å². The topological polar surface area (TPSA) is 12.0 Å². The van der Waals surface area contributed by atoms with E-state index < -0.39 is 0 Å². The van der Waals surface area contributed by atoms with Crippen LogP contribution < -0.4 is 5.32 Å². The highest BCUT2D eigenvalue weighted by molar-refractivity contribution is 4.96. The molecule has 0 amide bonds. The molecule has 0 aliphatic carbocycles. The highest BCUT2D eigenvalue weighted by Gasteiger charge is 2.08. The third kappa shape index (κ3) is 3.98. The molecule has 0 aliphatic rings. The maximum absolute atomic E-state index is 3.69. The molecule has 1 heteroatoms. The van der Waals surface area contributed by atoms with Gasteiger partial charge in [0.25, 0.3) is 0 Å². The fraction of sp³-hybridized carbons (Fsp3) is 0.500. The molecule has 0 bridgehead atoms. The molecular formula is C8H15N. The monoisotopic (exact) mass is 125 g/mol. The molecule has 0 atom stereocenters. The minimum Gasteiger partial charge on any atom is -0.305 e. The molecule has 0 spiro atoms. The third-order valence-corrected chi connectivity index (χ3v) is 1.21. The van der Waals surface area contributed by atoms with Crippen LogP contribution in [0.4, 0.5) is 0 Å². The van der Waals surface area contributed by atoms with Crippen LogP contribution in [-0.4, -0.2) is 12.1 Å². The van der Waals surface area contributed by atoms with Crippen LogP contribution in [-0.2, 0) is 0 Å². The van der Waals surface area contributed by atoms with Gasteiger partial charge in [-0.3, -0.25) is 0 Å². The second kappa shape index (κ2) is 3.46. The van der Waals surface area contributed by atoms with E-state index in [2.05, 4.69) is 32.3 Å². The summed E-state index contributed by atoms with van der Waals surface area (Å²) in [6.07, 6.45) is 3.72. The summed E-state index contributed by atoms with van der Waals surface area (Å²) in [5, 5.41) is 3.22. The highest BCUT2D eigenvalue weighted by Crippen LogP contribution is 2.00. The Morgan fingerprint density at radius 3 is 2.33 bits per heavy atom. The van der Waals surface area contributed by atoms with Crippen LogP contribution in [0, 0.1) is 0 Å². The van der Waals surface area contributed by atoms with E-state index in [1.54, 1.807) is 0 Å². The Bertz CT molecular complexity index is 103. The molecule has 0 fully saturated rings. The van der Waals surface area contributed by atoms with E-state index in [-0.39, 0.29) is 5.54 Å². The Kier molecular flexibility index (Phi) is 3.25. The van der Waals surface area contributed by atoms with E-state index in [0.717, 1.165) is 6.54 Å². The van der Waals surface area contributed by atoms with Crippen LogP contribution in [0.5, 0.6) is 0 Å². The predicted molar refractivity (Wildman–Crippen MR) is 42.5 cm³/mol. The quantitative estimate of drug-likeness (QED) is 0.564. The Morgan fingerprint density at radius 2 is 2.00 bits per heavy atom. The Morgan fingerprint density at radius 1 is 1.44 bits per heavy atom. The van der Waals surface area contributed by atoms with Gasteiger partial charge in [0, 0.05) is 12.1 Å². The first-order valence-corrected chi connectivity index (χ1v) is 3.12. The maximum Gasteiger partial charge on any atom is 0.0307 e. The molecule has 0 aliphatic heterocycles. The van der Waals surface area contributed by atoms with E-state index >= 15 is 0 Å². The molecule has 1 N–H and O–H groups in total. The van der Waals surface area contributed by atoms with Crippen LogP contribution in [0.3, 0.4) is 0 Å². The summed E-state index contributed by atoms with van der Waals surface area (Å²) in [5.74, 6) is 0. The first-order chi connectivity index (χ1) is 4.12. The van der Waals surface area contributed by atoms with E-state index in [0.29, 0.717) is 0 Å². The SMILES string of the molecule is C=CCNC(C)(C)C=C. The molecule has 0 aromatic heterocycles. The van der Waals surface area contributed by atoms with Gasteiger partial charge < -0.3 is 5.32 Å². The van der Waals surface area contributed by atoms with E-state index in [9.17, 15) is 0 Å². The van der Waals surface area contributed by atoms with E-state index in [1.807, 2.05) is 12.2 Å².